The van der Waals surface area contributed by atoms with Crippen molar-refractivity contribution in [2.45, 2.75) is 0 Å². The topological polar surface area (TPSA) is 35.6 Å². The molecule has 0 atom stereocenters. The van der Waals surface area contributed by atoms with E-state index in [1.165, 1.54) is 60.2 Å². The monoisotopic (exact) mass is 610 g/mol. The summed E-state index contributed by atoms with van der Waals surface area (Å²) in [5.41, 5.74) is 12.8. The van der Waals surface area contributed by atoms with Crippen molar-refractivity contribution in [3.8, 4) is 45.0 Å². The molecule has 0 radical (unpaired) electrons. The zero-order chi connectivity index (χ0) is 31.3. The highest BCUT2D eigenvalue weighted by Gasteiger charge is 2.25. The Labute approximate surface area is 275 Å². The fourth-order valence-corrected chi connectivity index (χ4v) is 8.09. The molecule has 10 aromatic rings. The molecule has 222 valence electrons. The van der Waals surface area contributed by atoms with Gasteiger partial charge in [-0.3, -0.25) is 9.55 Å². The van der Waals surface area contributed by atoms with Crippen LogP contribution in [-0.2, 0) is 0 Å². The molecule has 1 aliphatic rings. The van der Waals surface area contributed by atoms with Gasteiger partial charge in [0, 0.05) is 61.5 Å². The minimum absolute atomic E-state index is 0.941. The molecule has 6 aromatic carbocycles. The van der Waals surface area contributed by atoms with Crippen LogP contribution in [0.4, 0.5) is 0 Å². The third-order valence-electron chi connectivity index (χ3n) is 10.1. The third kappa shape index (κ3) is 3.38. The van der Waals surface area contributed by atoms with Crippen molar-refractivity contribution in [1.82, 2.24) is 19.1 Å². The van der Waals surface area contributed by atoms with Gasteiger partial charge in [0.1, 0.15) is 5.82 Å². The SMILES string of the molecule is c1ccc(-n2c3ccccc3c3ccc(-c4ccc5c(c4)c4ccccc4n5-c4ncc5c6c(cccc46)-c4cccnc4-5)cc32)cc1. The van der Waals surface area contributed by atoms with E-state index in [9.17, 15) is 0 Å². The van der Waals surface area contributed by atoms with Crippen LogP contribution >= 0.6 is 0 Å². The molecule has 48 heavy (non-hydrogen) atoms. The number of pyridine rings is 2. The number of aromatic nitrogens is 4. The first kappa shape index (κ1) is 25.6. The molecule has 0 unspecified atom stereocenters. The summed E-state index contributed by atoms with van der Waals surface area (Å²) < 4.78 is 4.72. The lowest BCUT2D eigenvalue weighted by Gasteiger charge is -2.12. The quantitative estimate of drug-likeness (QED) is 0.199. The Morgan fingerprint density at radius 1 is 0.396 bits per heavy atom. The molecule has 0 amide bonds. The maximum Gasteiger partial charge on any atom is 0.145 e. The largest absolute Gasteiger partial charge is 0.309 e. The van der Waals surface area contributed by atoms with Gasteiger partial charge in [-0.05, 0) is 65.2 Å². The standard InChI is InChI=1S/C44H26N4/c1-2-10-29(11-3-1)47-38-17-6-4-12-30(38)32-21-19-28(25-41(32)47)27-20-22-40-36(24-27)31-13-5-7-18-39(31)48(40)44-35-15-8-14-33-34-16-9-23-45-43(34)37(26-46-44)42(33)35/h1-26H. The highest BCUT2D eigenvalue weighted by molar-refractivity contribution is 6.17. The van der Waals surface area contributed by atoms with Gasteiger partial charge < -0.3 is 4.57 Å². The molecule has 1 aliphatic carbocycles. The number of hydrogen-bond donors (Lipinski definition) is 0. The van der Waals surface area contributed by atoms with Crippen LogP contribution in [0.5, 0.6) is 0 Å². The molecule has 4 nitrogen and oxygen atoms in total. The van der Waals surface area contributed by atoms with Gasteiger partial charge in [-0.2, -0.15) is 0 Å². The first-order valence-corrected chi connectivity index (χ1v) is 16.3. The minimum atomic E-state index is 0.941. The summed E-state index contributed by atoms with van der Waals surface area (Å²) in [6.07, 6.45) is 3.88. The van der Waals surface area contributed by atoms with Gasteiger partial charge in [0.25, 0.3) is 0 Å². The molecule has 0 saturated heterocycles. The molecule has 0 bridgehead atoms. The Morgan fingerprint density at radius 3 is 1.94 bits per heavy atom. The summed E-state index contributed by atoms with van der Waals surface area (Å²) in [7, 11) is 0. The highest BCUT2D eigenvalue weighted by Crippen LogP contribution is 2.47. The average molecular weight is 611 g/mol. The smallest absolute Gasteiger partial charge is 0.145 e. The van der Waals surface area contributed by atoms with E-state index in [0.29, 0.717) is 0 Å². The zero-order valence-electron chi connectivity index (χ0n) is 25.8. The van der Waals surface area contributed by atoms with Crippen LogP contribution in [0.2, 0.25) is 0 Å². The molecule has 4 heterocycles. The van der Waals surface area contributed by atoms with E-state index in [1.54, 1.807) is 0 Å². The first-order chi connectivity index (χ1) is 23.8. The highest BCUT2D eigenvalue weighted by atomic mass is 15.1. The molecule has 0 N–H and O–H groups in total. The average Bonchev–Trinajstić information content (AvgIpc) is 3.78. The zero-order valence-corrected chi connectivity index (χ0v) is 25.8. The van der Waals surface area contributed by atoms with E-state index in [4.69, 9.17) is 9.97 Å². The Balaban J connectivity index is 1.14. The second kappa shape index (κ2) is 9.50. The normalized spacial score (nSPS) is 12.2. The van der Waals surface area contributed by atoms with E-state index in [-0.39, 0.29) is 0 Å². The van der Waals surface area contributed by atoms with Gasteiger partial charge in [0.2, 0.25) is 0 Å². The van der Waals surface area contributed by atoms with Gasteiger partial charge in [-0.25, -0.2) is 4.98 Å². The fourth-order valence-electron chi connectivity index (χ4n) is 8.09. The van der Waals surface area contributed by atoms with Crippen LogP contribution in [0.3, 0.4) is 0 Å². The molecule has 4 heteroatoms. The maximum atomic E-state index is 5.15. The molecule has 0 fully saturated rings. The second-order valence-corrected chi connectivity index (χ2v) is 12.6. The van der Waals surface area contributed by atoms with Gasteiger partial charge in [-0.15, -0.1) is 0 Å². The number of benzene rings is 6. The van der Waals surface area contributed by atoms with E-state index < -0.39 is 0 Å². The lowest BCUT2D eigenvalue weighted by molar-refractivity contribution is 1.10. The van der Waals surface area contributed by atoms with E-state index in [2.05, 4.69) is 149 Å². The van der Waals surface area contributed by atoms with Gasteiger partial charge >= 0.3 is 0 Å². The molecule has 4 aromatic heterocycles. The lowest BCUT2D eigenvalue weighted by Crippen LogP contribution is -1.99. The fraction of sp³-hybridized carbons (Fsp3) is 0. The summed E-state index contributed by atoms with van der Waals surface area (Å²) >= 11 is 0. The minimum Gasteiger partial charge on any atom is -0.309 e. The van der Waals surface area contributed by atoms with Gasteiger partial charge in [0.15, 0.2) is 0 Å². The van der Waals surface area contributed by atoms with Crippen molar-refractivity contribution >= 4 is 54.4 Å². The Kier molecular flexibility index (Phi) is 5.08. The van der Waals surface area contributed by atoms with Crippen LogP contribution in [0, 0.1) is 0 Å². The van der Waals surface area contributed by atoms with Crippen molar-refractivity contribution < 1.29 is 0 Å². The molecular formula is C44H26N4. The summed E-state index contributed by atoms with van der Waals surface area (Å²) in [5, 5.41) is 7.30. The summed E-state index contributed by atoms with van der Waals surface area (Å²) in [4.78, 5) is 9.88. The van der Waals surface area contributed by atoms with Crippen LogP contribution in [0.1, 0.15) is 0 Å². The summed E-state index contributed by atoms with van der Waals surface area (Å²) in [6, 6.07) is 52.5. The predicted molar refractivity (Wildman–Crippen MR) is 198 cm³/mol. The number of fused-ring (bicyclic) bond motifs is 9. The predicted octanol–water partition coefficient (Wildman–Crippen LogP) is 11.1. The number of rotatable bonds is 3. The van der Waals surface area contributed by atoms with Crippen LogP contribution < -0.4 is 0 Å². The van der Waals surface area contributed by atoms with Crippen molar-refractivity contribution in [2.75, 3.05) is 0 Å². The maximum absolute atomic E-state index is 5.15. The van der Waals surface area contributed by atoms with Gasteiger partial charge in [-0.1, -0.05) is 97.1 Å². The molecular weight excluding hydrogens is 585 g/mol. The van der Waals surface area contributed by atoms with Crippen LogP contribution in [-0.4, -0.2) is 19.1 Å². The Bertz CT molecular complexity index is 2920. The third-order valence-corrected chi connectivity index (χ3v) is 10.1. The van der Waals surface area contributed by atoms with Crippen molar-refractivity contribution in [1.29, 1.82) is 0 Å². The van der Waals surface area contributed by atoms with Crippen LogP contribution in [0.25, 0.3) is 99.4 Å². The van der Waals surface area contributed by atoms with Crippen molar-refractivity contribution in [3.63, 3.8) is 0 Å². The number of para-hydroxylation sites is 3. The lowest BCUT2D eigenvalue weighted by atomic mass is 10.0. The number of nitrogens with zero attached hydrogens (tertiary/aromatic N) is 4. The van der Waals surface area contributed by atoms with E-state index in [1.807, 2.05) is 18.5 Å². The first-order valence-electron chi connectivity index (χ1n) is 16.3. The molecule has 11 rings (SSSR count). The molecule has 0 spiro atoms. The molecule has 0 aliphatic heterocycles. The van der Waals surface area contributed by atoms with Crippen molar-refractivity contribution in [2.24, 2.45) is 0 Å². The Hall–Kier alpha value is -6.52. The van der Waals surface area contributed by atoms with E-state index in [0.717, 1.165) is 39.2 Å². The molecule has 0 saturated carbocycles. The number of hydrogen-bond acceptors (Lipinski definition) is 2. The second-order valence-electron chi connectivity index (χ2n) is 12.6. The summed E-state index contributed by atoms with van der Waals surface area (Å²) in [5.74, 6) is 0.941. The van der Waals surface area contributed by atoms with Gasteiger partial charge in [0.05, 0.1) is 27.8 Å². The Morgan fingerprint density at radius 2 is 1.06 bits per heavy atom. The van der Waals surface area contributed by atoms with Crippen LogP contribution in [0.15, 0.2) is 158 Å². The summed E-state index contributed by atoms with van der Waals surface area (Å²) in [6.45, 7) is 0. The van der Waals surface area contributed by atoms with Crippen molar-refractivity contribution in [3.05, 3.63) is 158 Å². The van der Waals surface area contributed by atoms with E-state index >= 15 is 0 Å².